The van der Waals surface area contributed by atoms with Crippen molar-refractivity contribution in [1.29, 1.82) is 0 Å². The minimum absolute atomic E-state index is 0.139. The number of carbonyl (C=O) groups excluding carboxylic acids is 1. The molecule has 0 unspecified atom stereocenters. The van der Waals surface area contributed by atoms with Crippen molar-refractivity contribution in [1.82, 2.24) is 14.9 Å². The summed E-state index contributed by atoms with van der Waals surface area (Å²) in [5.41, 5.74) is 0.981. The predicted molar refractivity (Wildman–Crippen MR) is 83.9 cm³/mol. The molecule has 5 nitrogen and oxygen atoms in total. The quantitative estimate of drug-likeness (QED) is 0.852. The van der Waals surface area contributed by atoms with Crippen LogP contribution < -0.4 is 4.90 Å². The number of aromatic nitrogens is 2. The SMILES string of the molecule is Cc1cc(N2CCN(C(=O)c3cccs3)CC2)nc(C)n1. The van der Waals surface area contributed by atoms with E-state index in [4.69, 9.17) is 0 Å². The first-order valence-corrected chi connectivity index (χ1v) is 7.91. The van der Waals surface area contributed by atoms with E-state index in [9.17, 15) is 4.79 Å². The number of piperazine rings is 1. The van der Waals surface area contributed by atoms with Gasteiger partial charge in [0.05, 0.1) is 4.88 Å². The van der Waals surface area contributed by atoms with Crippen molar-refractivity contribution in [2.24, 2.45) is 0 Å². The second-order valence-corrected chi connectivity index (χ2v) is 6.12. The lowest BCUT2D eigenvalue weighted by atomic mass is 10.2. The molecule has 0 aromatic carbocycles. The first-order chi connectivity index (χ1) is 10.1. The van der Waals surface area contributed by atoms with Crippen LogP contribution in [0.4, 0.5) is 5.82 Å². The van der Waals surface area contributed by atoms with Crippen LogP contribution in [-0.4, -0.2) is 47.0 Å². The summed E-state index contributed by atoms with van der Waals surface area (Å²) in [7, 11) is 0. The zero-order valence-corrected chi connectivity index (χ0v) is 13.1. The molecule has 0 spiro atoms. The van der Waals surface area contributed by atoms with Gasteiger partial charge in [0.1, 0.15) is 11.6 Å². The van der Waals surface area contributed by atoms with Gasteiger partial charge < -0.3 is 9.80 Å². The smallest absolute Gasteiger partial charge is 0.264 e. The fourth-order valence-corrected chi connectivity index (χ4v) is 3.24. The van der Waals surface area contributed by atoms with E-state index in [0.29, 0.717) is 0 Å². The molecule has 0 bridgehead atoms. The van der Waals surface area contributed by atoms with Crippen LogP contribution in [0, 0.1) is 13.8 Å². The summed E-state index contributed by atoms with van der Waals surface area (Å²) in [5.74, 6) is 1.89. The molecular formula is C15H18N4OS. The summed E-state index contributed by atoms with van der Waals surface area (Å²) in [6.07, 6.45) is 0. The first-order valence-electron chi connectivity index (χ1n) is 7.03. The van der Waals surface area contributed by atoms with Gasteiger partial charge in [0, 0.05) is 37.9 Å². The third-order valence-corrected chi connectivity index (χ3v) is 4.43. The lowest BCUT2D eigenvalue weighted by molar-refractivity contribution is 0.0751. The third kappa shape index (κ3) is 3.05. The minimum Gasteiger partial charge on any atom is -0.353 e. The highest BCUT2D eigenvalue weighted by atomic mass is 32.1. The van der Waals surface area contributed by atoms with Gasteiger partial charge >= 0.3 is 0 Å². The standard InChI is InChI=1S/C15H18N4OS/c1-11-10-14(17-12(2)16-11)18-5-7-19(8-6-18)15(20)13-4-3-9-21-13/h3-4,9-10H,5-8H2,1-2H3. The second-order valence-electron chi connectivity index (χ2n) is 5.17. The van der Waals surface area contributed by atoms with Crippen LogP contribution in [0.3, 0.4) is 0 Å². The van der Waals surface area contributed by atoms with Crippen LogP contribution in [0.25, 0.3) is 0 Å². The number of hydrogen-bond acceptors (Lipinski definition) is 5. The van der Waals surface area contributed by atoms with Gasteiger partial charge in [0.2, 0.25) is 0 Å². The number of thiophene rings is 1. The highest BCUT2D eigenvalue weighted by Gasteiger charge is 2.23. The van der Waals surface area contributed by atoms with Gasteiger partial charge in [-0.05, 0) is 25.3 Å². The lowest BCUT2D eigenvalue weighted by Crippen LogP contribution is -2.49. The Bertz CT molecular complexity index is 613. The molecule has 1 saturated heterocycles. The molecule has 0 aliphatic carbocycles. The Kier molecular flexibility index (Phi) is 3.88. The summed E-state index contributed by atoms with van der Waals surface area (Å²) >= 11 is 1.50. The number of rotatable bonds is 2. The topological polar surface area (TPSA) is 49.3 Å². The molecule has 0 atom stereocenters. The maximum atomic E-state index is 12.3. The monoisotopic (exact) mass is 302 g/mol. The fourth-order valence-electron chi connectivity index (χ4n) is 2.55. The normalized spacial score (nSPS) is 15.3. The van der Waals surface area contributed by atoms with Crippen molar-refractivity contribution in [3.05, 3.63) is 40.0 Å². The first kappa shape index (κ1) is 14.0. The van der Waals surface area contributed by atoms with Crippen LogP contribution >= 0.6 is 11.3 Å². The molecule has 2 aromatic rings. The van der Waals surface area contributed by atoms with Gasteiger partial charge in [0.25, 0.3) is 5.91 Å². The van der Waals surface area contributed by atoms with Crippen LogP contribution in [0.1, 0.15) is 21.2 Å². The van der Waals surface area contributed by atoms with E-state index in [2.05, 4.69) is 14.9 Å². The Hall–Kier alpha value is -1.95. The van der Waals surface area contributed by atoms with E-state index >= 15 is 0 Å². The van der Waals surface area contributed by atoms with Crippen molar-refractivity contribution in [2.45, 2.75) is 13.8 Å². The predicted octanol–water partition coefficient (Wildman–Crippen LogP) is 2.12. The summed E-state index contributed by atoms with van der Waals surface area (Å²) in [6, 6.07) is 5.81. The molecule has 1 aliphatic rings. The zero-order chi connectivity index (χ0) is 14.8. The summed E-state index contributed by atoms with van der Waals surface area (Å²) in [6.45, 7) is 6.99. The molecule has 3 heterocycles. The molecule has 1 fully saturated rings. The average Bonchev–Trinajstić information content (AvgIpc) is 3.00. The molecule has 2 aromatic heterocycles. The van der Waals surface area contributed by atoms with Crippen molar-refractivity contribution >= 4 is 23.1 Å². The van der Waals surface area contributed by atoms with Gasteiger partial charge in [-0.2, -0.15) is 0 Å². The Labute approximate surface area is 128 Å². The van der Waals surface area contributed by atoms with Crippen molar-refractivity contribution in [3.63, 3.8) is 0 Å². The Morgan fingerprint density at radius 3 is 2.57 bits per heavy atom. The van der Waals surface area contributed by atoms with Crippen LogP contribution in [0.5, 0.6) is 0 Å². The van der Waals surface area contributed by atoms with Gasteiger partial charge in [-0.1, -0.05) is 6.07 Å². The molecule has 0 radical (unpaired) electrons. The van der Waals surface area contributed by atoms with E-state index in [1.807, 2.05) is 42.3 Å². The maximum absolute atomic E-state index is 12.3. The van der Waals surface area contributed by atoms with E-state index in [1.54, 1.807) is 0 Å². The Morgan fingerprint density at radius 1 is 1.19 bits per heavy atom. The average molecular weight is 302 g/mol. The van der Waals surface area contributed by atoms with E-state index < -0.39 is 0 Å². The zero-order valence-electron chi connectivity index (χ0n) is 12.2. The molecule has 0 saturated carbocycles. The molecule has 110 valence electrons. The van der Waals surface area contributed by atoms with Gasteiger partial charge in [-0.3, -0.25) is 4.79 Å². The van der Waals surface area contributed by atoms with E-state index in [0.717, 1.165) is 48.4 Å². The molecule has 6 heteroatoms. The number of hydrogen-bond donors (Lipinski definition) is 0. The van der Waals surface area contributed by atoms with Crippen molar-refractivity contribution in [3.8, 4) is 0 Å². The number of nitrogens with zero attached hydrogens (tertiary/aromatic N) is 4. The molecule has 0 N–H and O–H groups in total. The second kappa shape index (κ2) is 5.81. The highest BCUT2D eigenvalue weighted by molar-refractivity contribution is 7.12. The van der Waals surface area contributed by atoms with Crippen molar-refractivity contribution < 1.29 is 4.79 Å². The lowest BCUT2D eigenvalue weighted by Gasteiger charge is -2.35. The number of carbonyl (C=O) groups is 1. The number of anilines is 1. The van der Waals surface area contributed by atoms with Crippen LogP contribution in [-0.2, 0) is 0 Å². The Balaban J connectivity index is 1.66. The third-order valence-electron chi connectivity index (χ3n) is 3.58. The van der Waals surface area contributed by atoms with E-state index in [1.165, 1.54) is 11.3 Å². The number of aryl methyl sites for hydroxylation is 2. The number of amides is 1. The summed E-state index contributed by atoms with van der Waals surface area (Å²) in [4.78, 5) is 26.1. The largest absolute Gasteiger partial charge is 0.353 e. The molecule has 1 amide bonds. The Morgan fingerprint density at radius 2 is 1.95 bits per heavy atom. The van der Waals surface area contributed by atoms with Gasteiger partial charge in [-0.15, -0.1) is 11.3 Å². The van der Waals surface area contributed by atoms with Crippen LogP contribution in [0.15, 0.2) is 23.6 Å². The minimum atomic E-state index is 0.139. The fraction of sp³-hybridized carbons (Fsp3) is 0.400. The summed E-state index contributed by atoms with van der Waals surface area (Å²) in [5, 5.41) is 1.94. The van der Waals surface area contributed by atoms with Crippen molar-refractivity contribution in [2.75, 3.05) is 31.1 Å². The maximum Gasteiger partial charge on any atom is 0.264 e. The van der Waals surface area contributed by atoms with E-state index in [-0.39, 0.29) is 5.91 Å². The molecule has 21 heavy (non-hydrogen) atoms. The van der Waals surface area contributed by atoms with Crippen LogP contribution in [0.2, 0.25) is 0 Å². The molecule has 1 aliphatic heterocycles. The summed E-state index contributed by atoms with van der Waals surface area (Å²) < 4.78 is 0. The van der Waals surface area contributed by atoms with Gasteiger partial charge in [-0.25, -0.2) is 9.97 Å². The molecule has 3 rings (SSSR count). The molecular weight excluding hydrogens is 284 g/mol. The van der Waals surface area contributed by atoms with Gasteiger partial charge in [0.15, 0.2) is 0 Å². The highest BCUT2D eigenvalue weighted by Crippen LogP contribution is 2.17.